The zero-order valence-corrected chi connectivity index (χ0v) is 22.5. The van der Waals surface area contributed by atoms with Crippen LogP contribution in [0.1, 0.15) is 45.8 Å². The number of carbonyl (C=O) groups excluding carboxylic acids is 1. The highest BCUT2D eigenvalue weighted by Gasteiger charge is 2.35. The first-order valence-corrected chi connectivity index (χ1v) is 14.3. The molecule has 1 atom stereocenters. The third kappa shape index (κ3) is 5.38. The van der Waals surface area contributed by atoms with Gasteiger partial charge in [-0.25, -0.2) is 17.5 Å². The van der Waals surface area contributed by atoms with E-state index in [2.05, 4.69) is 5.32 Å². The van der Waals surface area contributed by atoms with Crippen LogP contribution in [0.4, 0.5) is 4.39 Å². The van der Waals surface area contributed by atoms with E-state index in [1.165, 1.54) is 22.9 Å². The minimum atomic E-state index is -3.63. The summed E-state index contributed by atoms with van der Waals surface area (Å²) in [5, 5.41) is 8.30. The second-order valence-electron chi connectivity index (χ2n) is 9.04. The lowest BCUT2D eigenvalue weighted by atomic mass is 10.0. The van der Waals surface area contributed by atoms with Gasteiger partial charge in [0.05, 0.1) is 34.0 Å². The third-order valence-corrected chi connectivity index (χ3v) is 8.26. The molecule has 3 aromatic carbocycles. The van der Waals surface area contributed by atoms with Crippen molar-refractivity contribution in [1.82, 2.24) is 15.1 Å². The number of hydrogen-bond acceptors (Lipinski definition) is 4. The average Bonchev–Trinajstić information content (AvgIpc) is 3.24. The molecular formula is C28H22Cl2FN3O3S. The van der Waals surface area contributed by atoms with Crippen LogP contribution in [0.5, 0.6) is 0 Å². The van der Waals surface area contributed by atoms with Crippen LogP contribution in [0.15, 0.2) is 72.8 Å². The van der Waals surface area contributed by atoms with Gasteiger partial charge in [0, 0.05) is 10.6 Å². The van der Waals surface area contributed by atoms with E-state index >= 15 is 0 Å². The summed E-state index contributed by atoms with van der Waals surface area (Å²) in [6.07, 6.45) is 1.64. The molecule has 1 amide bonds. The topological polar surface area (TPSA) is 81.1 Å². The predicted octanol–water partition coefficient (Wildman–Crippen LogP) is 6.28. The van der Waals surface area contributed by atoms with Gasteiger partial charge in [-0.1, -0.05) is 65.7 Å². The molecule has 1 aliphatic rings. The number of hydrogen-bond donors (Lipinski definition) is 1. The summed E-state index contributed by atoms with van der Waals surface area (Å²) in [5.41, 5.74) is 2.97. The fourth-order valence-electron chi connectivity index (χ4n) is 4.44. The maximum absolute atomic E-state index is 13.8. The number of nitrogens with one attached hydrogen (secondary N) is 1. The Morgan fingerprint density at radius 2 is 1.76 bits per heavy atom. The van der Waals surface area contributed by atoms with E-state index < -0.39 is 21.6 Å². The first-order valence-electron chi connectivity index (χ1n) is 11.7. The van der Waals surface area contributed by atoms with Crippen molar-refractivity contribution >= 4 is 50.6 Å². The first-order chi connectivity index (χ1) is 18.1. The van der Waals surface area contributed by atoms with Gasteiger partial charge in [-0.3, -0.25) is 4.79 Å². The highest BCUT2D eigenvalue weighted by Crippen LogP contribution is 2.35. The maximum atomic E-state index is 13.8. The number of benzene rings is 3. The van der Waals surface area contributed by atoms with Crippen molar-refractivity contribution in [3.63, 3.8) is 0 Å². The Hall–Kier alpha value is -3.46. The monoisotopic (exact) mass is 569 g/mol. The van der Waals surface area contributed by atoms with Gasteiger partial charge in [-0.2, -0.15) is 5.10 Å². The molecule has 10 heteroatoms. The Labute approximate surface area is 229 Å². The molecule has 0 radical (unpaired) electrons. The summed E-state index contributed by atoms with van der Waals surface area (Å²) >= 11 is 12.6. The number of aromatic nitrogens is 2. The molecule has 0 spiro atoms. The molecule has 5 rings (SSSR count). The number of amides is 1. The van der Waals surface area contributed by atoms with Crippen LogP contribution in [0.25, 0.3) is 17.3 Å². The molecule has 194 valence electrons. The maximum Gasteiger partial charge on any atom is 0.270 e. The SMILES string of the molecule is C[C@H](NC(=O)c1c2c(nn1-c1ccc(Cl)cc1Cl)C(=Cc1ccc(F)cc1)CS(=O)(=O)C2)c1ccccc1. The summed E-state index contributed by atoms with van der Waals surface area (Å²) < 4.78 is 40.9. The van der Waals surface area contributed by atoms with Gasteiger partial charge in [-0.05, 0) is 60.0 Å². The van der Waals surface area contributed by atoms with Gasteiger partial charge in [0.15, 0.2) is 9.84 Å². The van der Waals surface area contributed by atoms with E-state index in [4.69, 9.17) is 28.3 Å². The predicted molar refractivity (Wildman–Crippen MR) is 148 cm³/mol. The van der Waals surface area contributed by atoms with Gasteiger partial charge in [0.1, 0.15) is 11.5 Å². The zero-order valence-electron chi connectivity index (χ0n) is 20.2. The summed E-state index contributed by atoms with van der Waals surface area (Å²) in [4.78, 5) is 13.8. The Balaban J connectivity index is 1.68. The minimum Gasteiger partial charge on any atom is -0.344 e. The fraction of sp³-hybridized carbons (Fsp3) is 0.143. The van der Waals surface area contributed by atoms with E-state index in [-0.39, 0.29) is 33.8 Å². The molecule has 0 fully saturated rings. The Morgan fingerprint density at radius 3 is 2.45 bits per heavy atom. The van der Waals surface area contributed by atoms with Crippen LogP contribution in [0.2, 0.25) is 10.0 Å². The van der Waals surface area contributed by atoms with Gasteiger partial charge >= 0.3 is 0 Å². The number of carbonyl (C=O) groups is 1. The number of sulfone groups is 1. The van der Waals surface area contributed by atoms with Crippen molar-refractivity contribution < 1.29 is 17.6 Å². The van der Waals surface area contributed by atoms with Crippen LogP contribution >= 0.6 is 23.2 Å². The lowest BCUT2D eigenvalue weighted by molar-refractivity contribution is 0.0931. The van der Waals surface area contributed by atoms with Gasteiger partial charge in [0.25, 0.3) is 5.91 Å². The lowest BCUT2D eigenvalue weighted by Crippen LogP contribution is -2.30. The number of nitrogens with zero attached hydrogens (tertiary/aromatic N) is 2. The van der Waals surface area contributed by atoms with Crippen molar-refractivity contribution in [2.75, 3.05) is 5.75 Å². The van der Waals surface area contributed by atoms with E-state index in [9.17, 15) is 17.6 Å². The van der Waals surface area contributed by atoms with Gasteiger partial charge in [0.2, 0.25) is 0 Å². The smallest absolute Gasteiger partial charge is 0.270 e. The van der Waals surface area contributed by atoms with E-state index in [0.717, 1.165) is 5.56 Å². The van der Waals surface area contributed by atoms with Gasteiger partial charge in [-0.15, -0.1) is 0 Å². The Kier molecular flexibility index (Phi) is 7.13. The van der Waals surface area contributed by atoms with Crippen molar-refractivity contribution in [2.24, 2.45) is 0 Å². The molecular weight excluding hydrogens is 548 g/mol. The molecule has 0 saturated heterocycles. The summed E-state index contributed by atoms with van der Waals surface area (Å²) in [6.45, 7) is 1.84. The van der Waals surface area contributed by atoms with Crippen LogP contribution in [-0.2, 0) is 15.6 Å². The first kappa shape index (κ1) is 26.2. The molecule has 6 nitrogen and oxygen atoms in total. The molecule has 1 aliphatic heterocycles. The molecule has 1 aromatic heterocycles. The summed E-state index contributed by atoms with van der Waals surface area (Å²) in [7, 11) is -3.63. The van der Waals surface area contributed by atoms with Crippen molar-refractivity contribution in [3.05, 3.63) is 117 Å². The third-order valence-electron chi connectivity index (χ3n) is 6.24. The second kappa shape index (κ2) is 10.4. The van der Waals surface area contributed by atoms with E-state index in [0.29, 0.717) is 27.5 Å². The van der Waals surface area contributed by atoms with Crippen LogP contribution in [-0.4, -0.2) is 29.9 Å². The van der Waals surface area contributed by atoms with Crippen molar-refractivity contribution in [3.8, 4) is 5.69 Å². The normalized spacial score (nSPS) is 16.2. The molecule has 4 aromatic rings. The minimum absolute atomic E-state index is 0.0697. The standard InChI is InChI=1S/C28H22Cl2FN3O3S/c1-17(19-5-3-2-4-6-19)32-28(35)27-23-16-38(36,37)15-20(13-18-7-10-22(31)11-8-18)26(23)33-34(27)25-12-9-21(29)14-24(25)30/h2-14,17H,15-16H2,1H3,(H,32,35)/t17-/m0/s1. The van der Waals surface area contributed by atoms with E-state index in [1.54, 1.807) is 30.3 Å². The molecule has 0 unspecified atom stereocenters. The summed E-state index contributed by atoms with van der Waals surface area (Å²) in [6, 6.07) is 19.5. The molecule has 0 aliphatic carbocycles. The quantitative estimate of drug-likeness (QED) is 0.306. The van der Waals surface area contributed by atoms with Gasteiger partial charge < -0.3 is 5.32 Å². The summed E-state index contributed by atoms with van der Waals surface area (Å²) in [5.74, 6) is -1.54. The molecule has 1 N–H and O–H groups in total. The van der Waals surface area contributed by atoms with Crippen molar-refractivity contribution in [2.45, 2.75) is 18.7 Å². The van der Waals surface area contributed by atoms with Crippen LogP contribution in [0, 0.1) is 5.82 Å². The highest BCUT2D eigenvalue weighted by atomic mass is 35.5. The number of halogens is 3. The number of fused-ring (bicyclic) bond motifs is 1. The molecule has 0 saturated carbocycles. The lowest BCUT2D eigenvalue weighted by Gasteiger charge is -2.18. The zero-order chi connectivity index (χ0) is 27.0. The number of rotatable bonds is 5. The second-order valence-corrected chi connectivity index (χ2v) is 12.0. The van der Waals surface area contributed by atoms with Crippen LogP contribution < -0.4 is 5.32 Å². The van der Waals surface area contributed by atoms with Crippen LogP contribution in [0.3, 0.4) is 0 Å². The largest absolute Gasteiger partial charge is 0.344 e. The molecule has 0 bridgehead atoms. The highest BCUT2D eigenvalue weighted by molar-refractivity contribution is 7.91. The Bertz CT molecular complexity index is 1670. The van der Waals surface area contributed by atoms with E-state index in [1.807, 2.05) is 37.3 Å². The molecule has 2 heterocycles. The average molecular weight is 570 g/mol. The Morgan fingerprint density at radius 1 is 1.05 bits per heavy atom. The molecule has 38 heavy (non-hydrogen) atoms. The van der Waals surface area contributed by atoms with Crippen molar-refractivity contribution in [1.29, 1.82) is 0 Å². The fourth-order valence-corrected chi connectivity index (χ4v) is 6.44.